The molecule has 0 heterocycles. The predicted octanol–water partition coefficient (Wildman–Crippen LogP) is 18.5. The Morgan fingerprint density at radius 2 is 0.711 bits per heavy atom. The standard InChI is InChI=1S/C64H113O11P/c1-4-7-10-13-16-19-22-25-27-29-30-32-34-37-40-43-46-49-52-55-64(68)75-61(57-71-62(66)53-50-47-44-41-38-35-24-21-18-15-12-9-6-3)59-73-76(69,70)72-58-60(56-65)74-63(67)54-51-48-45-42-39-36-33-31-28-26-23-20-17-14-11-8-5-2/h8,11-12,15,17,20-21,24-28,60-61,65H,4-7,9-10,13-14,16,18-19,22-23,29-59H2,1-3H3,(H,69,70)/b11-8-,15-12-,20-17-,24-21-,27-25-,28-26-. The molecule has 0 aliphatic heterocycles. The van der Waals surface area contributed by atoms with Gasteiger partial charge in [-0.1, -0.05) is 229 Å². The maximum absolute atomic E-state index is 12.9. The number of carbonyl (C=O) groups is 3. The maximum atomic E-state index is 12.9. The molecule has 12 heteroatoms. The molecule has 0 aliphatic rings. The van der Waals surface area contributed by atoms with Crippen LogP contribution < -0.4 is 0 Å². The summed E-state index contributed by atoms with van der Waals surface area (Å²) in [6.45, 7) is 4.47. The summed E-state index contributed by atoms with van der Waals surface area (Å²) in [6, 6.07) is 0. The number of esters is 3. The van der Waals surface area contributed by atoms with E-state index in [1.807, 2.05) is 0 Å². The highest BCUT2D eigenvalue weighted by molar-refractivity contribution is 7.47. The van der Waals surface area contributed by atoms with Crippen molar-refractivity contribution >= 4 is 25.7 Å². The minimum atomic E-state index is -4.76. The van der Waals surface area contributed by atoms with Crippen molar-refractivity contribution in [3.63, 3.8) is 0 Å². The van der Waals surface area contributed by atoms with E-state index in [9.17, 15) is 28.9 Å². The highest BCUT2D eigenvalue weighted by atomic mass is 31.2. The van der Waals surface area contributed by atoms with Gasteiger partial charge in [-0.25, -0.2) is 4.57 Å². The summed E-state index contributed by atoms with van der Waals surface area (Å²) >= 11 is 0. The third-order valence-electron chi connectivity index (χ3n) is 13.1. The van der Waals surface area contributed by atoms with Gasteiger partial charge in [-0.05, 0) is 103 Å². The van der Waals surface area contributed by atoms with Crippen LogP contribution in [-0.4, -0.2) is 66.5 Å². The van der Waals surface area contributed by atoms with Gasteiger partial charge in [-0.3, -0.25) is 23.4 Å². The first-order valence-corrected chi connectivity index (χ1v) is 32.3. The van der Waals surface area contributed by atoms with Gasteiger partial charge < -0.3 is 24.2 Å². The van der Waals surface area contributed by atoms with Crippen LogP contribution in [0.15, 0.2) is 72.9 Å². The first-order valence-electron chi connectivity index (χ1n) is 30.8. The fourth-order valence-corrected chi connectivity index (χ4v) is 9.19. The number of rotatable bonds is 57. The Balaban J connectivity index is 4.68. The summed E-state index contributed by atoms with van der Waals surface area (Å²) in [6.07, 6.45) is 65.7. The first-order chi connectivity index (χ1) is 37.2. The third-order valence-corrected chi connectivity index (χ3v) is 14.0. The second-order valence-electron chi connectivity index (χ2n) is 20.5. The molecule has 3 atom stereocenters. The van der Waals surface area contributed by atoms with Gasteiger partial charge in [0.15, 0.2) is 6.10 Å². The lowest BCUT2D eigenvalue weighted by Crippen LogP contribution is -2.30. The van der Waals surface area contributed by atoms with E-state index in [0.29, 0.717) is 19.3 Å². The molecule has 0 aromatic heterocycles. The van der Waals surface area contributed by atoms with Crippen LogP contribution >= 0.6 is 7.82 Å². The smallest absolute Gasteiger partial charge is 0.462 e. The quantitative estimate of drug-likeness (QED) is 0.0197. The summed E-state index contributed by atoms with van der Waals surface area (Å²) in [7, 11) is -4.76. The van der Waals surface area contributed by atoms with Crippen LogP contribution in [0.4, 0.5) is 0 Å². The number of ether oxygens (including phenoxy) is 3. The molecule has 0 aromatic carbocycles. The molecule has 0 spiro atoms. The third kappa shape index (κ3) is 55.7. The van der Waals surface area contributed by atoms with Crippen molar-refractivity contribution < 1.29 is 52.2 Å². The van der Waals surface area contributed by atoms with Gasteiger partial charge in [0, 0.05) is 19.3 Å². The first kappa shape index (κ1) is 72.9. The van der Waals surface area contributed by atoms with Gasteiger partial charge in [0.05, 0.1) is 19.8 Å². The number of allylic oxidation sites excluding steroid dienone is 12. The summed E-state index contributed by atoms with van der Waals surface area (Å²) in [5.41, 5.74) is 0. The predicted molar refractivity (Wildman–Crippen MR) is 316 cm³/mol. The van der Waals surface area contributed by atoms with Crippen molar-refractivity contribution in [3.05, 3.63) is 72.9 Å². The number of phosphoric ester groups is 1. The Labute approximate surface area is 465 Å². The van der Waals surface area contributed by atoms with E-state index in [2.05, 4.69) is 93.7 Å². The molecule has 0 rings (SSSR count). The van der Waals surface area contributed by atoms with Crippen LogP contribution in [0.25, 0.3) is 0 Å². The molecule has 0 amide bonds. The fraction of sp³-hybridized carbons (Fsp3) is 0.766. The number of carbonyl (C=O) groups excluding carboxylic acids is 3. The second kappa shape index (κ2) is 58.1. The van der Waals surface area contributed by atoms with Crippen molar-refractivity contribution in [1.82, 2.24) is 0 Å². The van der Waals surface area contributed by atoms with Crippen molar-refractivity contribution in [3.8, 4) is 0 Å². The van der Waals surface area contributed by atoms with E-state index in [1.165, 1.54) is 103 Å². The maximum Gasteiger partial charge on any atom is 0.472 e. The van der Waals surface area contributed by atoms with E-state index >= 15 is 0 Å². The molecule has 0 bridgehead atoms. The molecular formula is C64H113O11P. The molecule has 3 unspecified atom stereocenters. The van der Waals surface area contributed by atoms with Crippen molar-refractivity contribution in [2.75, 3.05) is 26.4 Å². The van der Waals surface area contributed by atoms with Gasteiger partial charge in [-0.2, -0.15) is 0 Å². The Morgan fingerprint density at radius 3 is 1.12 bits per heavy atom. The molecule has 11 nitrogen and oxygen atoms in total. The summed E-state index contributed by atoms with van der Waals surface area (Å²) in [5, 5.41) is 9.84. The topological polar surface area (TPSA) is 155 Å². The zero-order valence-electron chi connectivity index (χ0n) is 48.7. The normalized spacial score (nSPS) is 13.8. The minimum Gasteiger partial charge on any atom is -0.462 e. The van der Waals surface area contributed by atoms with Crippen LogP contribution in [-0.2, 0) is 42.2 Å². The lowest BCUT2D eigenvalue weighted by Gasteiger charge is -2.21. The van der Waals surface area contributed by atoms with Gasteiger partial charge in [0.25, 0.3) is 0 Å². The van der Waals surface area contributed by atoms with Crippen LogP contribution in [0.2, 0.25) is 0 Å². The van der Waals surface area contributed by atoms with Gasteiger partial charge in [-0.15, -0.1) is 0 Å². The fourth-order valence-electron chi connectivity index (χ4n) is 8.40. The van der Waals surface area contributed by atoms with Gasteiger partial charge in [0.1, 0.15) is 12.7 Å². The van der Waals surface area contributed by atoms with Crippen LogP contribution in [0.1, 0.15) is 278 Å². The number of hydrogen-bond acceptors (Lipinski definition) is 10. The Kier molecular flexibility index (Phi) is 55.7. The van der Waals surface area contributed by atoms with Crippen LogP contribution in [0.3, 0.4) is 0 Å². The summed E-state index contributed by atoms with van der Waals surface area (Å²) in [5.74, 6) is -1.48. The number of aliphatic hydroxyl groups excluding tert-OH is 1. The zero-order valence-corrected chi connectivity index (χ0v) is 49.6. The molecule has 0 aromatic rings. The molecule has 2 N–H and O–H groups in total. The summed E-state index contributed by atoms with van der Waals surface area (Å²) < 4.78 is 39.6. The Hall–Kier alpha value is -3.08. The highest BCUT2D eigenvalue weighted by Crippen LogP contribution is 2.43. The van der Waals surface area contributed by atoms with E-state index in [0.717, 1.165) is 116 Å². The lowest BCUT2D eigenvalue weighted by atomic mass is 10.1. The van der Waals surface area contributed by atoms with E-state index in [1.54, 1.807) is 0 Å². The highest BCUT2D eigenvalue weighted by Gasteiger charge is 2.28. The van der Waals surface area contributed by atoms with Gasteiger partial charge in [0.2, 0.25) is 0 Å². The van der Waals surface area contributed by atoms with Crippen molar-refractivity contribution in [1.29, 1.82) is 0 Å². The van der Waals surface area contributed by atoms with Crippen molar-refractivity contribution in [2.45, 2.75) is 290 Å². The number of aliphatic hydroxyl groups is 1. The van der Waals surface area contributed by atoms with Crippen LogP contribution in [0.5, 0.6) is 0 Å². The molecule has 0 fully saturated rings. The van der Waals surface area contributed by atoms with Crippen molar-refractivity contribution in [2.24, 2.45) is 0 Å². The van der Waals surface area contributed by atoms with Crippen LogP contribution in [0, 0.1) is 0 Å². The van der Waals surface area contributed by atoms with E-state index < -0.39 is 57.8 Å². The second-order valence-corrected chi connectivity index (χ2v) is 21.9. The van der Waals surface area contributed by atoms with Gasteiger partial charge >= 0.3 is 25.7 Å². The largest absolute Gasteiger partial charge is 0.472 e. The molecule has 0 saturated carbocycles. The molecule has 0 radical (unpaired) electrons. The average Bonchev–Trinajstić information content (AvgIpc) is 3.41. The number of unbranched alkanes of at least 4 members (excludes halogenated alkanes) is 28. The number of hydrogen-bond donors (Lipinski definition) is 2. The SMILES string of the molecule is CC/C=C\C/C=C\C/C=C\CCCCCCCCCC(=O)OC(CO)COP(=O)(O)OCC(COC(=O)CCCCCCC/C=C\C/C=C\CCC)OC(=O)CCCCCCCCCCC/C=C\CCCCCCCC. The van der Waals surface area contributed by atoms with E-state index in [4.69, 9.17) is 23.3 Å². The Bertz CT molecular complexity index is 1550. The molecule has 440 valence electrons. The number of phosphoric acid groups is 1. The monoisotopic (exact) mass is 1090 g/mol. The van der Waals surface area contributed by atoms with E-state index in [-0.39, 0.29) is 25.9 Å². The Morgan fingerprint density at radius 1 is 0.382 bits per heavy atom. The molecule has 76 heavy (non-hydrogen) atoms. The molecular weight excluding hydrogens is 976 g/mol. The summed E-state index contributed by atoms with van der Waals surface area (Å²) in [4.78, 5) is 48.6. The minimum absolute atomic E-state index is 0.161. The molecule has 0 aliphatic carbocycles. The average molecular weight is 1090 g/mol. The lowest BCUT2D eigenvalue weighted by molar-refractivity contribution is -0.161. The zero-order chi connectivity index (χ0) is 55.5. The molecule has 0 saturated heterocycles.